The number of rotatable bonds is 12. The molecule has 1 rings (SSSR count). The van der Waals surface area contributed by atoms with Crippen molar-refractivity contribution in [2.45, 2.75) is 26.8 Å². The van der Waals surface area contributed by atoms with Crippen LogP contribution in [0.15, 0.2) is 18.2 Å². The Kier molecular flexibility index (Phi) is 9.62. The average Bonchev–Trinajstić information content (AvgIpc) is 2.53. The van der Waals surface area contributed by atoms with Crippen LogP contribution in [0.2, 0.25) is 0 Å². The van der Waals surface area contributed by atoms with E-state index >= 15 is 0 Å². The number of nitrogens with zero attached hydrogens (tertiary/aromatic N) is 1. The van der Waals surface area contributed by atoms with Gasteiger partial charge in [-0.3, -0.25) is 0 Å². The first-order chi connectivity index (χ1) is 10.8. The maximum Gasteiger partial charge on any atom is 0.142 e. The van der Waals surface area contributed by atoms with Gasteiger partial charge >= 0.3 is 0 Å². The third kappa shape index (κ3) is 6.22. The molecular formula is C17H30N2O3. The van der Waals surface area contributed by atoms with E-state index in [1.165, 1.54) is 5.56 Å². The Morgan fingerprint density at radius 3 is 2.73 bits per heavy atom. The molecule has 0 fully saturated rings. The molecule has 0 spiro atoms. The maximum atomic E-state index is 9.19. The van der Waals surface area contributed by atoms with Gasteiger partial charge in [0.15, 0.2) is 0 Å². The second-order valence-electron chi connectivity index (χ2n) is 5.06. The van der Waals surface area contributed by atoms with Crippen LogP contribution in [0.3, 0.4) is 0 Å². The van der Waals surface area contributed by atoms with Crippen LogP contribution in [0.5, 0.6) is 5.75 Å². The van der Waals surface area contributed by atoms with Gasteiger partial charge in [-0.1, -0.05) is 6.07 Å². The molecule has 0 saturated carbocycles. The summed E-state index contributed by atoms with van der Waals surface area (Å²) in [6.45, 7) is 8.83. The lowest BCUT2D eigenvalue weighted by molar-refractivity contribution is 0.194. The molecule has 5 nitrogen and oxygen atoms in total. The molecule has 2 N–H and O–H groups in total. The van der Waals surface area contributed by atoms with Crippen LogP contribution in [0.4, 0.5) is 5.69 Å². The van der Waals surface area contributed by atoms with E-state index in [-0.39, 0.29) is 6.61 Å². The van der Waals surface area contributed by atoms with E-state index in [0.717, 1.165) is 44.1 Å². The number of hydrogen-bond donors (Lipinski definition) is 2. The Bertz CT molecular complexity index is 413. The van der Waals surface area contributed by atoms with Crippen molar-refractivity contribution < 1.29 is 14.6 Å². The van der Waals surface area contributed by atoms with Crippen molar-refractivity contribution >= 4 is 5.69 Å². The van der Waals surface area contributed by atoms with Crippen LogP contribution in [0.1, 0.15) is 25.8 Å². The summed E-state index contributed by atoms with van der Waals surface area (Å²) >= 11 is 0. The molecule has 22 heavy (non-hydrogen) atoms. The summed E-state index contributed by atoms with van der Waals surface area (Å²) in [5.74, 6) is 0.883. The highest BCUT2D eigenvalue weighted by Gasteiger charge is 2.11. The molecule has 5 heteroatoms. The summed E-state index contributed by atoms with van der Waals surface area (Å²) in [6.07, 6.45) is 1.01. The van der Waals surface area contributed by atoms with Gasteiger partial charge in [-0.05, 0) is 44.5 Å². The van der Waals surface area contributed by atoms with Gasteiger partial charge in [-0.15, -0.1) is 0 Å². The van der Waals surface area contributed by atoms with Crippen molar-refractivity contribution in [3.8, 4) is 5.75 Å². The number of likely N-dealkylation sites (N-methyl/N-ethyl adjacent to an activating group) is 1. The third-order valence-electron chi connectivity index (χ3n) is 3.45. The van der Waals surface area contributed by atoms with Crippen molar-refractivity contribution in [1.29, 1.82) is 0 Å². The molecule has 0 atom stereocenters. The molecule has 0 aliphatic rings. The van der Waals surface area contributed by atoms with Crippen molar-refractivity contribution in [3.63, 3.8) is 0 Å². The number of benzene rings is 1. The normalized spacial score (nSPS) is 10.7. The molecule has 0 bridgehead atoms. The monoisotopic (exact) mass is 310 g/mol. The summed E-state index contributed by atoms with van der Waals surface area (Å²) in [6, 6.07) is 6.28. The summed E-state index contributed by atoms with van der Waals surface area (Å²) in [7, 11) is 1.72. The predicted octanol–water partition coefficient (Wildman–Crippen LogP) is 2.03. The van der Waals surface area contributed by atoms with Gasteiger partial charge < -0.3 is 24.8 Å². The minimum absolute atomic E-state index is 0.141. The number of nitrogens with one attached hydrogen (secondary N) is 1. The van der Waals surface area contributed by atoms with Gasteiger partial charge in [0, 0.05) is 33.4 Å². The summed E-state index contributed by atoms with van der Waals surface area (Å²) in [4.78, 5) is 2.13. The zero-order valence-corrected chi connectivity index (χ0v) is 14.1. The summed E-state index contributed by atoms with van der Waals surface area (Å²) < 4.78 is 10.8. The molecule has 0 unspecified atom stereocenters. The Hall–Kier alpha value is -1.30. The molecule has 0 saturated heterocycles. The molecule has 0 radical (unpaired) electrons. The van der Waals surface area contributed by atoms with Crippen molar-refractivity contribution in [1.82, 2.24) is 5.32 Å². The van der Waals surface area contributed by atoms with Gasteiger partial charge in [0.05, 0.1) is 18.9 Å². The largest absolute Gasteiger partial charge is 0.492 e. The fraction of sp³-hybridized carbons (Fsp3) is 0.647. The Balaban J connectivity index is 2.71. The highest BCUT2D eigenvalue weighted by molar-refractivity contribution is 5.59. The molecule has 0 aromatic heterocycles. The first kappa shape index (κ1) is 18.7. The van der Waals surface area contributed by atoms with Gasteiger partial charge in [-0.25, -0.2) is 0 Å². The Morgan fingerprint density at radius 1 is 1.27 bits per heavy atom. The van der Waals surface area contributed by atoms with E-state index in [2.05, 4.69) is 35.3 Å². The van der Waals surface area contributed by atoms with Crippen LogP contribution in [-0.4, -0.2) is 51.7 Å². The van der Waals surface area contributed by atoms with E-state index in [0.29, 0.717) is 13.2 Å². The topological polar surface area (TPSA) is 54.0 Å². The molecule has 0 amide bonds. The number of aliphatic hydroxyl groups is 1. The molecule has 1 aromatic carbocycles. The quantitative estimate of drug-likeness (QED) is 0.579. The van der Waals surface area contributed by atoms with E-state index in [9.17, 15) is 5.11 Å². The van der Waals surface area contributed by atoms with Crippen LogP contribution in [0, 0.1) is 0 Å². The average molecular weight is 310 g/mol. The predicted molar refractivity (Wildman–Crippen MR) is 90.8 cm³/mol. The lowest BCUT2D eigenvalue weighted by atomic mass is 10.1. The first-order valence-electron chi connectivity index (χ1n) is 8.07. The highest BCUT2D eigenvalue weighted by Crippen LogP contribution is 2.29. The summed E-state index contributed by atoms with van der Waals surface area (Å²) in [5, 5.41) is 12.6. The van der Waals surface area contributed by atoms with Crippen LogP contribution in [-0.2, 0) is 11.3 Å². The first-order valence-corrected chi connectivity index (χ1v) is 8.07. The summed E-state index contributed by atoms with van der Waals surface area (Å²) in [5.41, 5.74) is 2.24. The smallest absolute Gasteiger partial charge is 0.142 e. The fourth-order valence-electron chi connectivity index (χ4n) is 2.34. The molecular weight excluding hydrogens is 280 g/mol. The van der Waals surface area contributed by atoms with Crippen LogP contribution >= 0.6 is 0 Å². The van der Waals surface area contributed by atoms with Crippen LogP contribution in [0.25, 0.3) is 0 Å². The molecule has 126 valence electrons. The number of anilines is 1. The van der Waals surface area contributed by atoms with Gasteiger partial charge in [-0.2, -0.15) is 0 Å². The highest BCUT2D eigenvalue weighted by atomic mass is 16.5. The van der Waals surface area contributed by atoms with Crippen molar-refractivity contribution in [3.05, 3.63) is 23.8 Å². The van der Waals surface area contributed by atoms with Gasteiger partial charge in [0.1, 0.15) is 5.75 Å². The second-order valence-corrected chi connectivity index (χ2v) is 5.06. The number of hydrogen-bond acceptors (Lipinski definition) is 5. The van der Waals surface area contributed by atoms with E-state index in [4.69, 9.17) is 9.47 Å². The minimum Gasteiger partial charge on any atom is -0.492 e. The maximum absolute atomic E-state index is 9.19. The lowest BCUT2D eigenvalue weighted by Gasteiger charge is -2.25. The third-order valence-corrected chi connectivity index (χ3v) is 3.45. The number of ether oxygens (including phenoxy) is 2. The van der Waals surface area contributed by atoms with Crippen molar-refractivity contribution in [2.24, 2.45) is 0 Å². The number of aliphatic hydroxyl groups excluding tert-OH is 1. The van der Waals surface area contributed by atoms with Gasteiger partial charge in [0.2, 0.25) is 0 Å². The zero-order chi connectivity index (χ0) is 16.2. The fourth-order valence-corrected chi connectivity index (χ4v) is 2.34. The van der Waals surface area contributed by atoms with E-state index in [1.54, 1.807) is 7.11 Å². The molecule has 1 aromatic rings. The Labute approximate surface area is 134 Å². The van der Waals surface area contributed by atoms with Crippen molar-refractivity contribution in [2.75, 3.05) is 51.5 Å². The minimum atomic E-state index is 0.141. The molecule has 0 aliphatic carbocycles. The van der Waals surface area contributed by atoms with E-state index < -0.39 is 0 Å². The standard InChI is InChI=1S/C17H30N2O3/c1-4-19(10-11-20)16-8-7-15(13-17(16)22-5-2)14-18-9-6-12-21-3/h7-8,13,18,20H,4-6,9-12,14H2,1-3H3. The Morgan fingerprint density at radius 2 is 2.09 bits per heavy atom. The van der Waals surface area contributed by atoms with Crippen LogP contribution < -0.4 is 15.0 Å². The second kappa shape index (κ2) is 11.3. The van der Waals surface area contributed by atoms with Gasteiger partial charge in [0.25, 0.3) is 0 Å². The molecule has 0 aliphatic heterocycles. The molecule has 0 heterocycles. The lowest BCUT2D eigenvalue weighted by Crippen LogP contribution is -2.26. The zero-order valence-electron chi connectivity index (χ0n) is 14.1. The van der Waals surface area contributed by atoms with E-state index in [1.807, 2.05) is 6.92 Å². The SMILES string of the molecule is CCOc1cc(CNCCCOC)ccc1N(CC)CCO. The number of methoxy groups -OCH3 is 1.